The number of hydrogen-bond donors (Lipinski definition) is 1. The van der Waals surface area contributed by atoms with Crippen molar-refractivity contribution in [1.29, 1.82) is 0 Å². The van der Waals surface area contributed by atoms with E-state index in [1.165, 1.54) is 23.0 Å². The van der Waals surface area contributed by atoms with E-state index in [2.05, 4.69) is 9.82 Å². The fourth-order valence-electron chi connectivity index (χ4n) is 2.47. The first kappa shape index (κ1) is 18.7. The van der Waals surface area contributed by atoms with E-state index < -0.39 is 16.0 Å². The van der Waals surface area contributed by atoms with Crippen molar-refractivity contribution >= 4 is 21.8 Å². The van der Waals surface area contributed by atoms with Crippen LogP contribution in [0.2, 0.25) is 0 Å². The number of aromatic nitrogens is 2. The minimum atomic E-state index is -3.92. The van der Waals surface area contributed by atoms with Gasteiger partial charge in [-0.1, -0.05) is 35.9 Å². The molecule has 0 saturated carbocycles. The highest BCUT2D eigenvalue weighted by molar-refractivity contribution is 7.92. The summed E-state index contributed by atoms with van der Waals surface area (Å²) in [6, 6.07) is 15.3. The van der Waals surface area contributed by atoms with E-state index in [4.69, 9.17) is 4.74 Å². The third kappa shape index (κ3) is 4.01. The maximum absolute atomic E-state index is 12.8. The summed E-state index contributed by atoms with van der Waals surface area (Å²) in [5, 5.41) is 4.17. The first-order chi connectivity index (χ1) is 12.9. The van der Waals surface area contributed by atoms with Crippen molar-refractivity contribution in [2.45, 2.75) is 18.7 Å². The molecule has 0 amide bonds. The number of benzene rings is 2. The Bertz CT molecular complexity index is 1040. The fraction of sp³-hybridized carbons (Fsp3) is 0.158. The Morgan fingerprint density at radius 2 is 1.78 bits per heavy atom. The molecular weight excluding hydrogens is 366 g/mol. The number of esters is 1. The number of anilines is 1. The molecule has 0 aliphatic carbocycles. The highest BCUT2D eigenvalue weighted by Gasteiger charge is 2.24. The fourth-order valence-corrected chi connectivity index (χ4v) is 3.54. The highest BCUT2D eigenvalue weighted by Crippen LogP contribution is 2.24. The number of carbonyl (C=O) groups is 1. The molecule has 3 rings (SSSR count). The standard InChI is InChI=1S/C19H19N3O4S/c1-3-26-19(23)17-13-20-22(15-7-5-4-6-8-15)18(17)21-27(24,25)16-11-9-14(2)10-12-16/h4-13,21H,3H2,1-2H3. The second-order valence-corrected chi connectivity index (χ2v) is 7.48. The lowest BCUT2D eigenvalue weighted by Crippen LogP contribution is -2.18. The molecule has 1 aromatic heterocycles. The van der Waals surface area contributed by atoms with Gasteiger partial charge in [-0.3, -0.25) is 4.72 Å². The Labute approximate surface area is 157 Å². The molecule has 2 aromatic carbocycles. The Morgan fingerprint density at radius 1 is 1.11 bits per heavy atom. The van der Waals surface area contributed by atoms with Crippen LogP contribution in [0, 0.1) is 6.92 Å². The lowest BCUT2D eigenvalue weighted by atomic mass is 10.2. The lowest BCUT2D eigenvalue weighted by molar-refractivity contribution is 0.0527. The molecule has 3 aromatic rings. The average molecular weight is 385 g/mol. The Kier molecular flexibility index (Phi) is 5.27. The van der Waals surface area contributed by atoms with Crippen LogP contribution in [-0.4, -0.2) is 30.8 Å². The zero-order valence-corrected chi connectivity index (χ0v) is 15.7. The van der Waals surface area contributed by atoms with Crippen LogP contribution in [0.15, 0.2) is 65.7 Å². The summed E-state index contributed by atoms with van der Waals surface area (Å²) in [6.07, 6.45) is 1.29. The van der Waals surface area contributed by atoms with Gasteiger partial charge in [0.05, 0.1) is 23.4 Å². The van der Waals surface area contributed by atoms with Gasteiger partial charge in [-0.15, -0.1) is 0 Å². The summed E-state index contributed by atoms with van der Waals surface area (Å²) in [4.78, 5) is 12.4. The molecule has 8 heteroatoms. The number of para-hydroxylation sites is 1. The number of ether oxygens (including phenoxy) is 1. The third-order valence-electron chi connectivity index (χ3n) is 3.83. The molecule has 0 bridgehead atoms. The molecule has 0 spiro atoms. The van der Waals surface area contributed by atoms with Gasteiger partial charge in [-0.05, 0) is 38.1 Å². The molecule has 0 fully saturated rings. The molecule has 27 heavy (non-hydrogen) atoms. The number of aryl methyl sites for hydroxylation is 1. The summed E-state index contributed by atoms with van der Waals surface area (Å²) in [5.41, 5.74) is 1.58. The molecule has 0 radical (unpaired) electrons. The summed E-state index contributed by atoms with van der Waals surface area (Å²) in [6.45, 7) is 3.71. The highest BCUT2D eigenvalue weighted by atomic mass is 32.2. The SMILES string of the molecule is CCOC(=O)c1cnn(-c2ccccc2)c1NS(=O)(=O)c1ccc(C)cc1. The van der Waals surface area contributed by atoms with E-state index in [-0.39, 0.29) is 22.9 Å². The van der Waals surface area contributed by atoms with Crippen molar-refractivity contribution in [3.8, 4) is 5.69 Å². The number of sulfonamides is 1. The Hall–Kier alpha value is -3.13. The predicted octanol–water partition coefficient (Wildman–Crippen LogP) is 3.16. The Balaban J connectivity index is 2.07. The molecule has 140 valence electrons. The summed E-state index contributed by atoms with van der Waals surface area (Å²) in [7, 11) is -3.92. The molecule has 1 N–H and O–H groups in total. The smallest absolute Gasteiger partial charge is 0.343 e. The van der Waals surface area contributed by atoms with E-state index in [1.54, 1.807) is 43.3 Å². The number of nitrogens with one attached hydrogen (secondary N) is 1. The van der Waals surface area contributed by atoms with Gasteiger partial charge in [0.15, 0.2) is 5.82 Å². The van der Waals surface area contributed by atoms with E-state index in [1.807, 2.05) is 13.0 Å². The first-order valence-electron chi connectivity index (χ1n) is 8.32. The maximum atomic E-state index is 12.8. The third-order valence-corrected chi connectivity index (χ3v) is 5.18. The van der Waals surface area contributed by atoms with Gasteiger partial charge in [0.25, 0.3) is 10.0 Å². The first-order valence-corrected chi connectivity index (χ1v) is 9.80. The molecule has 0 atom stereocenters. The average Bonchev–Trinajstić information content (AvgIpc) is 3.06. The van der Waals surface area contributed by atoms with Gasteiger partial charge < -0.3 is 4.74 Å². The van der Waals surface area contributed by atoms with Crippen LogP contribution in [0.25, 0.3) is 5.69 Å². The van der Waals surface area contributed by atoms with Gasteiger partial charge >= 0.3 is 5.97 Å². The van der Waals surface area contributed by atoms with Crippen molar-refractivity contribution < 1.29 is 17.9 Å². The zero-order valence-electron chi connectivity index (χ0n) is 14.9. The minimum absolute atomic E-state index is 0.0280. The largest absolute Gasteiger partial charge is 0.462 e. The topological polar surface area (TPSA) is 90.3 Å². The van der Waals surface area contributed by atoms with Gasteiger partial charge in [0.2, 0.25) is 0 Å². The van der Waals surface area contributed by atoms with Crippen LogP contribution in [0.4, 0.5) is 5.82 Å². The van der Waals surface area contributed by atoms with E-state index in [9.17, 15) is 13.2 Å². The summed E-state index contributed by atoms with van der Waals surface area (Å²) >= 11 is 0. The van der Waals surface area contributed by atoms with Crippen LogP contribution < -0.4 is 4.72 Å². The minimum Gasteiger partial charge on any atom is -0.462 e. The van der Waals surface area contributed by atoms with Crippen LogP contribution in [0.3, 0.4) is 0 Å². The second-order valence-electron chi connectivity index (χ2n) is 5.79. The van der Waals surface area contributed by atoms with Gasteiger partial charge in [-0.2, -0.15) is 5.10 Å². The van der Waals surface area contributed by atoms with E-state index in [0.29, 0.717) is 5.69 Å². The van der Waals surface area contributed by atoms with E-state index in [0.717, 1.165) is 5.56 Å². The summed E-state index contributed by atoms with van der Waals surface area (Å²) in [5.74, 6) is -0.624. The number of carbonyl (C=O) groups excluding carboxylic acids is 1. The van der Waals surface area contributed by atoms with Crippen LogP contribution in [0.1, 0.15) is 22.8 Å². The molecule has 0 unspecified atom stereocenters. The zero-order chi connectivity index (χ0) is 19.4. The van der Waals surface area contributed by atoms with Crippen molar-refractivity contribution in [3.63, 3.8) is 0 Å². The molecule has 0 aliphatic rings. The van der Waals surface area contributed by atoms with Gasteiger partial charge in [-0.25, -0.2) is 17.9 Å². The van der Waals surface area contributed by atoms with Crippen LogP contribution >= 0.6 is 0 Å². The monoisotopic (exact) mass is 385 g/mol. The van der Waals surface area contributed by atoms with Gasteiger partial charge in [0, 0.05) is 0 Å². The number of nitrogens with zero attached hydrogens (tertiary/aromatic N) is 2. The van der Waals surface area contributed by atoms with Crippen LogP contribution in [-0.2, 0) is 14.8 Å². The molecule has 0 aliphatic heterocycles. The van der Waals surface area contributed by atoms with Crippen molar-refractivity contribution in [2.24, 2.45) is 0 Å². The van der Waals surface area contributed by atoms with E-state index >= 15 is 0 Å². The number of rotatable bonds is 6. The maximum Gasteiger partial charge on any atom is 0.343 e. The van der Waals surface area contributed by atoms with Crippen molar-refractivity contribution in [3.05, 3.63) is 71.9 Å². The molecule has 0 saturated heterocycles. The summed E-state index contributed by atoms with van der Waals surface area (Å²) < 4.78 is 34.5. The molecule has 1 heterocycles. The van der Waals surface area contributed by atoms with Crippen molar-refractivity contribution in [2.75, 3.05) is 11.3 Å². The molecule has 7 nitrogen and oxygen atoms in total. The quantitative estimate of drug-likeness (QED) is 0.658. The predicted molar refractivity (Wildman–Crippen MR) is 102 cm³/mol. The normalized spacial score (nSPS) is 11.2. The Morgan fingerprint density at radius 3 is 2.41 bits per heavy atom. The van der Waals surface area contributed by atoms with Crippen LogP contribution in [0.5, 0.6) is 0 Å². The van der Waals surface area contributed by atoms with Gasteiger partial charge in [0.1, 0.15) is 5.56 Å². The van der Waals surface area contributed by atoms with Crippen molar-refractivity contribution in [1.82, 2.24) is 9.78 Å². The second kappa shape index (κ2) is 7.63. The number of hydrogen-bond acceptors (Lipinski definition) is 5. The molecular formula is C19H19N3O4S. The lowest BCUT2D eigenvalue weighted by Gasteiger charge is -2.12.